The molecule has 4 nitrogen and oxygen atoms in total. The summed E-state index contributed by atoms with van der Waals surface area (Å²) < 4.78 is 6.42. The minimum atomic E-state index is -0.507. The van der Waals surface area contributed by atoms with E-state index in [-0.39, 0.29) is 17.8 Å². The van der Waals surface area contributed by atoms with Crippen LogP contribution < -0.4 is 0 Å². The summed E-state index contributed by atoms with van der Waals surface area (Å²) in [6, 6.07) is 2.03. The van der Waals surface area contributed by atoms with Gasteiger partial charge in [0.2, 0.25) is 0 Å². The van der Waals surface area contributed by atoms with Crippen LogP contribution in [0.2, 0.25) is 0 Å². The molecule has 1 aromatic rings. The van der Waals surface area contributed by atoms with Gasteiger partial charge in [-0.25, -0.2) is 4.79 Å². The van der Waals surface area contributed by atoms with Crippen molar-refractivity contribution in [1.29, 1.82) is 0 Å². The van der Waals surface area contributed by atoms with Gasteiger partial charge in [-0.05, 0) is 49.2 Å². The highest BCUT2D eigenvalue weighted by Gasteiger charge is 2.32. The van der Waals surface area contributed by atoms with Crippen LogP contribution in [0.3, 0.4) is 0 Å². The Labute approximate surface area is 137 Å². The summed E-state index contributed by atoms with van der Waals surface area (Å²) in [6.45, 7) is 6.45. The molecule has 2 heterocycles. The second-order valence-corrected chi connectivity index (χ2v) is 8.19. The summed E-state index contributed by atoms with van der Waals surface area (Å²) in [5.74, 6) is 0.108. The highest BCUT2D eigenvalue weighted by atomic mass is 79.9. The van der Waals surface area contributed by atoms with E-state index >= 15 is 0 Å². The average Bonchev–Trinajstić information content (AvgIpc) is 2.75. The van der Waals surface area contributed by atoms with Crippen molar-refractivity contribution in [2.75, 3.05) is 13.1 Å². The van der Waals surface area contributed by atoms with E-state index in [1.165, 1.54) is 0 Å². The number of ether oxygens (including phenoxy) is 1. The smallest absolute Gasteiger partial charge is 0.410 e. The van der Waals surface area contributed by atoms with E-state index in [4.69, 9.17) is 4.74 Å². The molecule has 1 aliphatic rings. The summed E-state index contributed by atoms with van der Waals surface area (Å²) in [6.07, 6.45) is 0.776. The molecule has 0 saturated carbocycles. The Kier molecular flexibility index (Phi) is 5.09. The Morgan fingerprint density at radius 3 is 2.81 bits per heavy atom. The molecule has 0 aromatic carbocycles. The summed E-state index contributed by atoms with van der Waals surface area (Å²) in [4.78, 5) is 27.0. The molecule has 1 aromatic heterocycles. The van der Waals surface area contributed by atoms with Crippen molar-refractivity contribution in [3.63, 3.8) is 0 Å². The van der Waals surface area contributed by atoms with Crippen molar-refractivity contribution in [1.82, 2.24) is 4.90 Å². The fraction of sp³-hybridized carbons (Fsp3) is 0.600. The molecule has 0 bridgehead atoms. The molecule has 1 atom stereocenters. The molecule has 1 amide bonds. The normalized spacial score (nSPS) is 19.7. The molecule has 116 valence electrons. The van der Waals surface area contributed by atoms with E-state index in [1.807, 2.05) is 32.2 Å². The Hall–Kier alpha value is -0.880. The molecule has 0 N–H and O–H groups in total. The monoisotopic (exact) mass is 373 g/mol. The quantitative estimate of drug-likeness (QED) is 0.789. The number of piperidine rings is 1. The number of nitrogens with zero attached hydrogens (tertiary/aromatic N) is 1. The Balaban J connectivity index is 1.99. The van der Waals surface area contributed by atoms with E-state index in [9.17, 15) is 9.59 Å². The number of Topliss-reactive ketones (excluding diaryl/α,β-unsaturated/α-hetero) is 1. The van der Waals surface area contributed by atoms with E-state index in [1.54, 1.807) is 16.2 Å². The highest BCUT2D eigenvalue weighted by molar-refractivity contribution is 9.10. The molecule has 0 aliphatic carbocycles. The van der Waals surface area contributed by atoms with Gasteiger partial charge in [-0.15, -0.1) is 11.3 Å². The third-order valence-corrected chi connectivity index (χ3v) is 4.97. The first-order valence-corrected chi connectivity index (χ1v) is 8.65. The minimum Gasteiger partial charge on any atom is -0.444 e. The van der Waals surface area contributed by atoms with Crippen molar-refractivity contribution in [2.45, 2.75) is 39.2 Å². The fourth-order valence-corrected chi connectivity index (χ4v) is 3.82. The maximum absolute atomic E-state index is 12.1. The standard InChI is InChI=1S/C15H20BrNO3S/c1-15(2,3)20-14(19)17-5-4-13(18)10(8-17)6-12-7-11(16)9-21-12/h7,9-10H,4-6,8H2,1-3H3. The van der Waals surface area contributed by atoms with Gasteiger partial charge in [0.05, 0.1) is 0 Å². The number of halogens is 1. The summed E-state index contributed by atoms with van der Waals surface area (Å²) in [5.41, 5.74) is -0.507. The molecule has 1 fully saturated rings. The van der Waals surface area contributed by atoms with Crippen LogP contribution in [0.1, 0.15) is 32.1 Å². The molecule has 6 heteroatoms. The predicted octanol–water partition coefficient (Wildman–Crippen LogP) is 3.88. The second-order valence-electron chi connectivity index (χ2n) is 6.27. The van der Waals surface area contributed by atoms with Crippen LogP contribution in [0.15, 0.2) is 15.9 Å². The largest absolute Gasteiger partial charge is 0.444 e. The number of rotatable bonds is 2. The first-order valence-electron chi connectivity index (χ1n) is 6.98. The topological polar surface area (TPSA) is 46.6 Å². The third-order valence-electron chi connectivity index (χ3n) is 3.25. The lowest BCUT2D eigenvalue weighted by molar-refractivity contribution is -0.125. The second kappa shape index (κ2) is 6.48. The van der Waals surface area contributed by atoms with Crippen molar-refractivity contribution >= 4 is 39.1 Å². The molecule has 1 unspecified atom stereocenters. The van der Waals surface area contributed by atoms with Crippen LogP contribution in [0.4, 0.5) is 4.79 Å². The number of carbonyl (C=O) groups excluding carboxylic acids is 2. The lowest BCUT2D eigenvalue weighted by Gasteiger charge is -2.33. The first-order chi connectivity index (χ1) is 9.74. The van der Waals surface area contributed by atoms with Gasteiger partial charge in [-0.1, -0.05) is 0 Å². The van der Waals surface area contributed by atoms with Gasteiger partial charge in [-0.2, -0.15) is 0 Å². The van der Waals surface area contributed by atoms with Crippen LogP contribution in [-0.2, 0) is 16.0 Å². The Bertz CT molecular complexity index is 535. The lowest BCUT2D eigenvalue weighted by Crippen LogP contribution is -2.46. The Morgan fingerprint density at radius 1 is 1.52 bits per heavy atom. The van der Waals surface area contributed by atoms with E-state index in [2.05, 4.69) is 15.9 Å². The minimum absolute atomic E-state index is 0.128. The van der Waals surface area contributed by atoms with Crippen LogP contribution in [0.5, 0.6) is 0 Å². The van der Waals surface area contributed by atoms with Gasteiger partial charge in [0.1, 0.15) is 11.4 Å². The number of thiophene rings is 1. The zero-order chi connectivity index (χ0) is 15.6. The SMILES string of the molecule is CC(C)(C)OC(=O)N1CCC(=O)C(Cc2cc(Br)cs2)C1. The molecule has 21 heavy (non-hydrogen) atoms. The van der Waals surface area contributed by atoms with Gasteiger partial charge in [0.25, 0.3) is 0 Å². The number of carbonyl (C=O) groups is 2. The molecule has 0 spiro atoms. The predicted molar refractivity (Wildman–Crippen MR) is 86.6 cm³/mol. The maximum atomic E-state index is 12.1. The van der Waals surface area contributed by atoms with Crippen molar-refractivity contribution < 1.29 is 14.3 Å². The highest BCUT2D eigenvalue weighted by Crippen LogP contribution is 2.25. The van der Waals surface area contributed by atoms with E-state index in [0.717, 1.165) is 9.35 Å². The van der Waals surface area contributed by atoms with Crippen molar-refractivity contribution in [3.8, 4) is 0 Å². The van der Waals surface area contributed by atoms with Crippen molar-refractivity contribution in [3.05, 3.63) is 20.8 Å². The van der Waals surface area contributed by atoms with Gasteiger partial charge < -0.3 is 9.64 Å². The van der Waals surface area contributed by atoms with Gasteiger partial charge in [0.15, 0.2) is 0 Å². The molecular weight excluding hydrogens is 354 g/mol. The zero-order valence-corrected chi connectivity index (χ0v) is 14.9. The maximum Gasteiger partial charge on any atom is 0.410 e. The zero-order valence-electron chi connectivity index (χ0n) is 12.5. The Morgan fingerprint density at radius 2 is 2.24 bits per heavy atom. The molecular formula is C15H20BrNO3S. The van der Waals surface area contributed by atoms with Gasteiger partial charge in [-0.3, -0.25) is 4.79 Å². The van der Waals surface area contributed by atoms with E-state index < -0.39 is 5.60 Å². The fourth-order valence-electron chi connectivity index (χ4n) is 2.28. The summed E-state index contributed by atoms with van der Waals surface area (Å²) in [5, 5.41) is 2.01. The first kappa shape index (κ1) is 16.5. The molecule has 2 rings (SSSR count). The molecule has 1 saturated heterocycles. The molecule has 1 aliphatic heterocycles. The lowest BCUT2D eigenvalue weighted by atomic mass is 9.93. The number of amides is 1. The van der Waals surface area contributed by atoms with Crippen LogP contribution in [-0.4, -0.2) is 35.5 Å². The average molecular weight is 374 g/mol. The molecule has 0 radical (unpaired) electrons. The van der Waals surface area contributed by atoms with Gasteiger partial charge in [0, 0.05) is 40.2 Å². The van der Waals surface area contributed by atoms with E-state index in [0.29, 0.717) is 25.9 Å². The number of ketones is 1. The van der Waals surface area contributed by atoms with Crippen LogP contribution in [0.25, 0.3) is 0 Å². The number of likely N-dealkylation sites (tertiary alicyclic amines) is 1. The summed E-state index contributed by atoms with van der Waals surface area (Å²) >= 11 is 5.05. The summed E-state index contributed by atoms with van der Waals surface area (Å²) in [7, 11) is 0. The number of hydrogen-bond donors (Lipinski definition) is 0. The number of hydrogen-bond acceptors (Lipinski definition) is 4. The van der Waals surface area contributed by atoms with Crippen LogP contribution in [0, 0.1) is 5.92 Å². The van der Waals surface area contributed by atoms with Crippen molar-refractivity contribution in [2.24, 2.45) is 5.92 Å². The third kappa shape index (κ3) is 4.81. The van der Waals surface area contributed by atoms with Gasteiger partial charge >= 0.3 is 6.09 Å². The van der Waals surface area contributed by atoms with Crippen LogP contribution >= 0.6 is 27.3 Å².